The number of halogens is 1. The lowest BCUT2D eigenvalue weighted by Gasteiger charge is -2.35. The van der Waals surface area contributed by atoms with Crippen molar-refractivity contribution in [3.8, 4) is 0 Å². The van der Waals surface area contributed by atoms with E-state index in [-0.39, 0.29) is 11.7 Å². The summed E-state index contributed by atoms with van der Waals surface area (Å²) in [5.74, 6) is -0.0988. The highest BCUT2D eigenvalue weighted by atomic mass is 19.1. The maximum atomic E-state index is 13.4. The molecule has 0 aromatic heterocycles. The van der Waals surface area contributed by atoms with Crippen molar-refractivity contribution in [2.24, 2.45) is 11.7 Å². The van der Waals surface area contributed by atoms with Crippen LogP contribution in [-0.2, 0) is 0 Å². The number of benzene rings is 1. The summed E-state index contributed by atoms with van der Waals surface area (Å²) in [5, 5.41) is 10.7. The van der Waals surface area contributed by atoms with Crippen molar-refractivity contribution >= 4 is 11.4 Å². The predicted octanol–water partition coefficient (Wildman–Crippen LogP) is 2.30. The smallest absolute Gasteiger partial charge is 0.274 e. The third kappa shape index (κ3) is 3.20. The fourth-order valence-corrected chi connectivity index (χ4v) is 2.53. The van der Waals surface area contributed by atoms with Crippen LogP contribution in [0.2, 0.25) is 0 Å². The van der Waals surface area contributed by atoms with Crippen molar-refractivity contribution in [2.75, 3.05) is 18.0 Å². The zero-order valence-electron chi connectivity index (χ0n) is 10.9. The molecule has 1 unspecified atom stereocenters. The predicted molar refractivity (Wildman–Crippen MR) is 71.6 cm³/mol. The van der Waals surface area contributed by atoms with Gasteiger partial charge in [0.15, 0.2) is 0 Å². The van der Waals surface area contributed by atoms with E-state index in [0.29, 0.717) is 11.6 Å². The Hall–Kier alpha value is -1.69. The molecule has 0 radical (unpaired) electrons. The minimum absolute atomic E-state index is 0.156. The first kappa shape index (κ1) is 13.7. The lowest BCUT2D eigenvalue weighted by atomic mass is 9.91. The molecule has 2 N–H and O–H groups in total. The van der Waals surface area contributed by atoms with Crippen molar-refractivity contribution in [1.29, 1.82) is 0 Å². The molecule has 5 nitrogen and oxygen atoms in total. The molecule has 104 valence electrons. The Bertz CT molecular complexity index is 471. The van der Waals surface area contributed by atoms with Crippen LogP contribution in [-0.4, -0.2) is 24.1 Å². The highest BCUT2D eigenvalue weighted by molar-refractivity contribution is 5.53. The van der Waals surface area contributed by atoms with E-state index in [1.54, 1.807) is 0 Å². The molecular weight excluding hydrogens is 249 g/mol. The molecule has 0 bridgehead atoms. The van der Waals surface area contributed by atoms with Gasteiger partial charge in [-0.3, -0.25) is 10.1 Å². The van der Waals surface area contributed by atoms with E-state index < -0.39 is 10.7 Å². The van der Waals surface area contributed by atoms with E-state index in [1.807, 2.05) is 11.8 Å². The van der Waals surface area contributed by atoms with E-state index >= 15 is 0 Å². The third-order valence-corrected chi connectivity index (χ3v) is 3.73. The Morgan fingerprint density at radius 2 is 2.05 bits per heavy atom. The lowest BCUT2D eigenvalue weighted by Crippen LogP contribution is -2.39. The first-order chi connectivity index (χ1) is 8.97. The monoisotopic (exact) mass is 267 g/mol. The average molecular weight is 267 g/mol. The molecule has 0 spiro atoms. The molecule has 19 heavy (non-hydrogen) atoms. The summed E-state index contributed by atoms with van der Waals surface area (Å²) < 4.78 is 13.4. The fraction of sp³-hybridized carbons (Fsp3) is 0.538. The number of nitro benzene ring substituents is 1. The molecule has 0 amide bonds. The normalized spacial score (nSPS) is 18.4. The van der Waals surface area contributed by atoms with E-state index in [4.69, 9.17) is 5.73 Å². The molecule has 0 aliphatic carbocycles. The number of nitrogens with two attached hydrogens (primary N) is 1. The number of nitrogens with zero attached hydrogens (tertiary/aromatic N) is 2. The molecule has 1 fully saturated rings. The Kier molecular flexibility index (Phi) is 3.99. The van der Waals surface area contributed by atoms with Gasteiger partial charge in [-0.1, -0.05) is 0 Å². The summed E-state index contributed by atoms with van der Waals surface area (Å²) in [6, 6.07) is 3.87. The quantitative estimate of drug-likeness (QED) is 0.673. The van der Waals surface area contributed by atoms with Crippen molar-refractivity contribution < 1.29 is 9.31 Å². The van der Waals surface area contributed by atoms with Crippen LogP contribution in [0.1, 0.15) is 19.8 Å². The molecule has 1 aliphatic rings. The number of nitro groups is 1. The van der Waals surface area contributed by atoms with Gasteiger partial charge in [-0.15, -0.1) is 0 Å². The van der Waals surface area contributed by atoms with Gasteiger partial charge in [-0.2, -0.15) is 0 Å². The first-order valence-electron chi connectivity index (χ1n) is 6.43. The van der Waals surface area contributed by atoms with Crippen molar-refractivity contribution in [2.45, 2.75) is 25.8 Å². The number of piperidine rings is 1. The molecule has 1 aromatic carbocycles. The Morgan fingerprint density at radius 1 is 1.42 bits per heavy atom. The number of hydrogen-bond acceptors (Lipinski definition) is 4. The number of non-ortho nitro benzene ring substituents is 1. The summed E-state index contributed by atoms with van der Waals surface area (Å²) in [5.41, 5.74) is 6.25. The maximum absolute atomic E-state index is 13.4. The van der Waals surface area contributed by atoms with Crippen LogP contribution in [0.5, 0.6) is 0 Å². The van der Waals surface area contributed by atoms with Crippen LogP contribution < -0.4 is 10.6 Å². The third-order valence-electron chi connectivity index (χ3n) is 3.73. The minimum Gasteiger partial charge on any atom is -0.371 e. The van der Waals surface area contributed by atoms with Gasteiger partial charge in [-0.25, -0.2) is 4.39 Å². The van der Waals surface area contributed by atoms with Crippen LogP contribution in [0, 0.1) is 21.8 Å². The Balaban J connectivity index is 2.13. The molecule has 2 rings (SSSR count). The summed E-state index contributed by atoms with van der Waals surface area (Å²) in [6.45, 7) is 3.51. The summed E-state index contributed by atoms with van der Waals surface area (Å²) in [6.07, 6.45) is 1.87. The second-order valence-corrected chi connectivity index (χ2v) is 5.11. The van der Waals surface area contributed by atoms with Gasteiger partial charge in [0.2, 0.25) is 0 Å². The highest BCUT2D eigenvalue weighted by Gasteiger charge is 2.23. The largest absolute Gasteiger partial charge is 0.371 e. The zero-order chi connectivity index (χ0) is 14.0. The van der Waals surface area contributed by atoms with Crippen molar-refractivity contribution in [3.05, 3.63) is 34.1 Å². The van der Waals surface area contributed by atoms with Gasteiger partial charge >= 0.3 is 0 Å². The van der Waals surface area contributed by atoms with Gasteiger partial charge < -0.3 is 10.6 Å². The van der Waals surface area contributed by atoms with Crippen LogP contribution in [0.3, 0.4) is 0 Å². The lowest BCUT2D eigenvalue weighted by molar-refractivity contribution is -0.385. The topological polar surface area (TPSA) is 72.4 Å². The van der Waals surface area contributed by atoms with Gasteiger partial charge in [0.1, 0.15) is 5.82 Å². The van der Waals surface area contributed by atoms with E-state index in [9.17, 15) is 14.5 Å². The van der Waals surface area contributed by atoms with Crippen molar-refractivity contribution in [3.63, 3.8) is 0 Å². The average Bonchev–Trinajstić information content (AvgIpc) is 2.38. The van der Waals surface area contributed by atoms with Crippen LogP contribution in [0.4, 0.5) is 15.8 Å². The van der Waals surface area contributed by atoms with Crippen LogP contribution in [0.25, 0.3) is 0 Å². The van der Waals surface area contributed by atoms with Gasteiger partial charge in [-0.05, 0) is 31.7 Å². The number of rotatable bonds is 3. The Labute approximate surface area is 111 Å². The zero-order valence-corrected chi connectivity index (χ0v) is 10.9. The van der Waals surface area contributed by atoms with Crippen LogP contribution in [0.15, 0.2) is 18.2 Å². The second kappa shape index (κ2) is 5.52. The molecule has 0 saturated carbocycles. The fourth-order valence-electron chi connectivity index (χ4n) is 2.53. The second-order valence-electron chi connectivity index (χ2n) is 5.11. The van der Waals surface area contributed by atoms with E-state index in [1.165, 1.54) is 12.1 Å². The molecular formula is C13H18FN3O2. The summed E-state index contributed by atoms with van der Waals surface area (Å²) in [4.78, 5) is 12.1. The van der Waals surface area contributed by atoms with Gasteiger partial charge in [0.25, 0.3) is 5.69 Å². The molecule has 1 aromatic rings. The highest BCUT2D eigenvalue weighted by Crippen LogP contribution is 2.28. The van der Waals surface area contributed by atoms with Crippen LogP contribution >= 0.6 is 0 Å². The summed E-state index contributed by atoms with van der Waals surface area (Å²) >= 11 is 0. The van der Waals surface area contributed by atoms with E-state index in [2.05, 4.69) is 0 Å². The minimum atomic E-state index is -0.571. The molecule has 1 aliphatic heterocycles. The standard InChI is InChI=1S/C13H18FN3O2/c1-9(15)10-2-4-16(5-3-10)12-6-11(14)7-13(8-12)17(18)19/h6-10H,2-5,15H2,1H3. The van der Waals surface area contributed by atoms with Gasteiger partial charge in [0, 0.05) is 30.9 Å². The first-order valence-corrected chi connectivity index (χ1v) is 6.43. The molecule has 1 atom stereocenters. The molecule has 6 heteroatoms. The molecule has 1 saturated heterocycles. The molecule has 1 heterocycles. The maximum Gasteiger partial charge on any atom is 0.274 e. The Morgan fingerprint density at radius 3 is 2.58 bits per heavy atom. The SMILES string of the molecule is CC(N)C1CCN(c2cc(F)cc([N+](=O)[O-])c2)CC1. The number of hydrogen-bond donors (Lipinski definition) is 1. The number of anilines is 1. The summed E-state index contributed by atoms with van der Waals surface area (Å²) in [7, 11) is 0. The van der Waals surface area contributed by atoms with Crippen molar-refractivity contribution in [1.82, 2.24) is 0 Å². The van der Waals surface area contributed by atoms with Gasteiger partial charge in [0.05, 0.1) is 11.0 Å². The van der Waals surface area contributed by atoms with E-state index in [0.717, 1.165) is 32.0 Å².